The molecule has 0 spiro atoms. The lowest BCUT2D eigenvalue weighted by Crippen LogP contribution is -2.52. The summed E-state index contributed by atoms with van der Waals surface area (Å²) >= 11 is 0. The monoisotopic (exact) mass is 324 g/mol. The minimum atomic E-state index is -0.430. The minimum Gasteiger partial charge on any atom is -0.352 e. The highest BCUT2D eigenvalue weighted by atomic mass is 19.1. The largest absolute Gasteiger partial charge is 0.352 e. The van der Waals surface area contributed by atoms with Gasteiger partial charge in [0.2, 0.25) is 0 Å². The molecule has 0 saturated carbocycles. The zero-order valence-electron chi connectivity index (χ0n) is 14.1. The Morgan fingerprint density at radius 3 is 2.52 bits per heavy atom. The van der Waals surface area contributed by atoms with Crippen LogP contribution in [0.2, 0.25) is 0 Å². The van der Waals surface area contributed by atoms with E-state index in [1.54, 1.807) is 7.05 Å². The van der Waals surface area contributed by atoms with Crippen LogP contribution in [0, 0.1) is 17.6 Å². The van der Waals surface area contributed by atoms with Gasteiger partial charge in [-0.05, 0) is 24.1 Å². The lowest BCUT2D eigenvalue weighted by Gasteiger charge is -2.37. The molecule has 1 fully saturated rings. The molecule has 0 aliphatic carbocycles. The first-order valence-electron chi connectivity index (χ1n) is 8.11. The van der Waals surface area contributed by atoms with Gasteiger partial charge in [0.1, 0.15) is 11.6 Å². The van der Waals surface area contributed by atoms with Crippen molar-refractivity contribution in [2.45, 2.75) is 20.4 Å². The Kier molecular flexibility index (Phi) is 6.33. The molecule has 23 heavy (non-hydrogen) atoms. The Bertz CT molecular complexity index is 537. The zero-order chi connectivity index (χ0) is 16.8. The maximum absolute atomic E-state index is 13.7. The van der Waals surface area contributed by atoms with E-state index in [2.05, 4.69) is 34.0 Å². The van der Waals surface area contributed by atoms with Crippen LogP contribution in [0.1, 0.15) is 19.4 Å². The molecule has 0 atom stereocenters. The number of hydrogen-bond acceptors (Lipinski definition) is 2. The molecule has 1 saturated heterocycles. The third kappa shape index (κ3) is 5.16. The van der Waals surface area contributed by atoms with E-state index in [9.17, 15) is 8.78 Å². The van der Waals surface area contributed by atoms with E-state index in [0.29, 0.717) is 11.5 Å². The average molecular weight is 324 g/mol. The highest BCUT2D eigenvalue weighted by Gasteiger charge is 2.20. The van der Waals surface area contributed by atoms with Gasteiger partial charge in [-0.2, -0.15) is 0 Å². The van der Waals surface area contributed by atoms with Gasteiger partial charge in [-0.15, -0.1) is 0 Å². The van der Waals surface area contributed by atoms with Gasteiger partial charge in [0, 0.05) is 51.9 Å². The summed E-state index contributed by atoms with van der Waals surface area (Å²) in [7, 11) is 1.71. The van der Waals surface area contributed by atoms with Crippen molar-refractivity contribution in [2.24, 2.45) is 10.9 Å². The Morgan fingerprint density at radius 1 is 1.22 bits per heavy atom. The molecule has 1 heterocycles. The number of rotatable bonds is 4. The molecule has 1 aliphatic rings. The summed E-state index contributed by atoms with van der Waals surface area (Å²) in [5.41, 5.74) is 0.310. The van der Waals surface area contributed by atoms with Crippen molar-refractivity contribution < 1.29 is 8.78 Å². The quantitative estimate of drug-likeness (QED) is 0.681. The van der Waals surface area contributed by atoms with Crippen LogP contribution in [-0.2, 0) is 6.54 Å². The topological polar surface area (TPSA) is 30.9 Å². The smallest absolute Gasteiger partial charge is 0.194 e. The molecule has 2 rings (SSSR count). The van der Waals surface area contributed by atoms with E-state index >= 15 is 0 Å². The number of nitrogens with zero attached hydrogens (tertiary/aromatic N) is 3. The summed E-state index contributed by atoms with van der Waals surface area (Å²) in [6.45, 7) is 9.54. The Hall–Kier alpha value is -1.69. The van der Waals surface area contributed by atoms with Crippen molar-refractivity contribution in [3.8, 4) is 0 Å². The highest BCUT2D eigenvalue weighted by molar-refractivity contribution is 5.80. The van der Waals surface area contributed by atoms with Crippen LogP contribution in [0.5, 0.6) is 0 Å². The van der Waals surface area contributed by atoms with Crippen LogP contribution in [0.25, 0.3) is 0 Å². The van der Waals surface area contributed by atoms with Crippen molar-refractivity contribution in [3.05, 3.63) is 35.4 Å². The van der Waals surface area contributed by atoms with Crippen LogP contribution in [0.4, 0.5) is 8.78 Å². The standard InChI is InChI=1S/C17H26F2N4/c1-13(2)12-22-6-8-23(9-7-22)17(20-3)21-11-14-10-15(18)4-5-16(14)19/h4-5,10,13H,6-9,11-12H2,1-3H3,(H,20,21). The molecule has 1 aliphatic heterocycles. The molecule has 1 aromatic carbocycles. The molecule has 0 amide bonds. The van der Waals surface area contributed by atoms with Gasteiger partial charge in [0.25, 0.3) is 0 Å². The van der Waals surface area contributed by atoms with Gasteiger partial charge >= 0.3 is 0 Å². The summed E-state index contributed by atoms with van der Waals surface area (Å²) in [5, 5.41) is 3.13. The molecule has 1 N–H and O–H groups in total. The van der Waals surface area contributed by atoms with Gasteiger partial charge in [-0.3, -0.25) is 9.89 Å². The number of guanidine groups is 1. The van der Waals surface area contributed by atoms with Crippen molar-refractivity contribution in [3.63, 3.8) is 0 Å². The molecule has 4 nitrogen and oxygen atoms in total. The molecular weight excluding hydrogens is 298 g/mol. The molecule has 0 unspecified atom stereocenters. The molecule has 0 bridgehead atoms. The SMILES string of the molecule is CN=C(NCc1cc(F)ccc1F)N1CCN(CC(C)C)CC1. The van der Waals surface area contributed by atoms with Crippen molar-refractivity contribution in [2.75, 3.05) is 39.8 Å². The number of benzene rings is 1. The maximum atomic E-state index is 13.7. The summed E-state index contributed by atoms with van der Waals surface area (Å²) in [4.78, 5) is 8.87. The molecule has 0 radical (unpaired) electrons. The third-order valence-corrected chi connectivity index (χ3v) is 3.95. The fraction of sp³-hybridized carbons (Fsp3) is 0.588. The molecule has 1 aromatic rings. The second kappa shape index (κ2) is 8.24. The molecular formula is C17H26F2N4. The van der Waals surface area contributed by atoms with Crippen molar-refractivity contribution in [1.82, 2.24) is 15.1 Å². The molecule has 6 heteroatoms. The fourth-order valence-corrected chi connectivity index (χ4v) is 2.84. The summed E-state index contributed by atoms with van der Waals surface area (Å²) in [6, 6.07) is 3.50. The van der Waals surface area contributed by atoms with E-state index in [0.717, 1.165) is 50.8 Å². The number of piperazine rings is 1. The van der Waals surface area contributed by atoms with Gasteiger partial charge in [0.05, 0.1) is 0 Å². The van der Waals surface area contributed by atoms with Crippen LogP contribution in [-0.4, -0.2) is 55.5 Å². The highest BCUT2D eigenvalue weighted by Crippen LogP contribution is 2.10. The minimum absolute atomic E-state index is 0.225. The number of nitrogens with one attached hydrogen (secondary N) is 1. The zero-order valence-corrected chi connectivity index (χ0v) is 14.1. The number of hydrogen-bond donors (Lipinski definition) is 1. The second-order valence-corrected chi connectivity index (χ2v) is 6.32. The second-order valence-electron chi connectivity index (χ2n) is 6.32. The van der Waals surface area contributed by atoms with E-state index in [4.69, 9.17) is 0 Å². The van der Waals surface area contributed by atoms with Crippen molar-refractivity contribution in [1.29, 1.82) is 0 Å². The normalized spacial score (nSPS) is 17.0. The predicted octanol–water partition coefficient (Wildman–Crippen LogP) is 2.31. The van der Waals surface area contributed by atoms with Crippen LogP contribution in [0.15, 0.2) is 23.2 Å². The number of halogens is 2. The lowest BCUT2D eigenvalue weighted by atomic mass is 10.2. The summed E-state index contributed by atoms with van der Waals surface area (Å²) in [5.74, 6) is 0.560. The van der Waals surface area contributed by atoms with E-state index in [1.165, 1.54) is 6.07 Å². The Labute approximate surface area is 137 Å². The van der Waals surface area contributed by atoms with Crippen LogP contribution < -0.4 is 5.32 Å². The first kappa shape index (κ1) is 17.7. The first-order valence-corrected chi connectivity index (χ1v) is 8.11. The van der Waals surface area contributed by atoms with Crippen LogP contribution in [0.3, 0.4) is 0 Å². The summed E-state index contributed by atoms with van der Waals surface area (Å²) < 4.78 is 26.9. The molecule has 128 valence electrons. The average Bonchev–Trinajstić information content (AvgIpc) is 2.52. The van der Waals surface area contributed by atoms with Gasteiger partial charge in [-0.25, -0.2) is 8.78 Å². The van der Waals surface area contributed by atoms with Gasteiger partial charge in [0.15, 0.2) is 5.96 Å². The predicted molar refractivity (Wildman–Crippen MR) is 89.4 cm³/mol. The molecule has 0 aromatic heterocycles. The van der Waals surface area contributed by atoms with E-state index < -0.39 is 11.6 Å². The fourth-order valence-electron chi connectivity index (χ4n) is 2.84. The summed E-state index contributed by atoms with van der Waals surface area (Å²) in [6.07, 6.45) is 0. The first-order chi connectivity index (χ1) is 11.0. The Morgan fingerprint density at radius 2 is 1.91 bits per heavy atom. The van der Waals surface area contributed by atoms with Gasteiger partial charge in [-0.1, -0.05) is 13.8 Å². The van der Waals surface area contributed by atoms with E-state index in [1.807, 2.05) is 0 Å². The van der Waals surface area contributed by atoms with Crippen molar-refractivity contribution >= 4 is 5.96 Å². The number of aliphatic imine (C=N–C) groups is 1. The van der Waals surface area contributed by atoms with Gasteiger partial charge < -0.3 is 10.2 Å². The van der Waals surface area contributed by atoms with Crippen LogP contribution >= 0.6 is 0 Å². The Balaban J connectivity index is 1.88. The third-order valence-electron chi connectivity index (χ3n) is 3.95. The van der Waals surface area contributed by atoms with E-state index in [-0.39, 0.29) is 6.54 Å². The lowest BCUT2D eigenvalue weighted by molar-refractivity contribution is 0.164. The maximum Gasteiger partial charge on any atom is 0.194 e.